The second-order valence-corrected chi connectivity index (χ2v) is 13.6. The van der Waals surface area contributed by atoms with Gasteiger partial charge in [-0.3, -0.25) is 14.8 Å². The van der Waals surface area contributed by atoms with Crippen molar-refractivity contribution in [2.75, 3.05) is 13.1 Å². The fourth-order valence-corrected chi connectivity index (χ4v) is 6.51. The smallest absolute Gasteiger partial charge is 0.410 e. The quantitative estimate of drug-likeness (QED) is 0.181. The van der Waals surface area contributed by atoms with Gasteiger partial charge in [0, 0.05) is 30.4 Å². The third-order valence-electron chi connectivity index (χ3n) is 8.96. The van der Waals surface area contributed by atoms with Crippen molar-refractivity contribution in [3.8, 4) is 33.8 Å². The largest absolute Gasteiger partial charge is 0.445 e. The van der Waals surface area contributed by atoms with E-state index in [1.165, 1.54) is 0 Å². The summed E-state index contributed by atoms with van der Waals surface area (Å²) in [5.74, 6) is 1.52. The van der Waals surface area contributed by atoms with E-state index in [0.717, 1.165) is 76.7 Å². The van der Waals surface area contributed by atoms with Crippen LogP contribution < -0.4 is 0 Å². The van der Waals surface area contributed by atoms with E-state index < -0.39 is 5.60 Å². The van der Waals surface area contributed by atoms with E-state index in [-0.39, 0.29) is 30.9 Å². The molecule has 0 saturated carbocycles. The van der Waals surface area contributed by atoms with Crippen molar-refractivity contribution < 1.29 is 19.1 Å². The average molecular weight is 660 g/mol. The Balaban J connectivity index is 0.982. The SMILES string of the molecule is CC(C)(C)OC(=O)N1CCC[C@H]1c1ncc(-c2ccc(-c3ccc(-c4cnc([C@@H]5CCCN5C(=O)OCc5ccccc5)[nH]4)cc3)nc2)[nH]1. The van der Waals surface area contributed by atoms with Gasteiger partial charge in [0.1, 0.15) is 23.9 Å². The summed E-state index contributed by atoms with van der Waals surface area (Å²) in [7, 11) is 0. The van der Waals surface area contributed by atoms with Crippen molar-refractivity contribution in [3.05, 3.63) is 103 Å². The van der Waals surface area contributed by atoms with Gasteiger partial charge in [-0.1, -0.05) is 54.6 Å². The van der Waals surface area contributed by atoms with Crippen molar-refractivity contribution in [2.45, 2.75) is 70.7 Å². The Morgan fingerprint density at radius 3 is 1.88 bits per heavy atom. The van der Waals surface area contributed by atoms with Crippen molar-refractivity contribution in [3.63, 3.8) is 0 Å². The van der Waals surface area contributed by atoms with Crippen molar-refractivity contribution in [1.29, 1.82) is 0 Å². The molecule has 49 heavy (non-hydrogen) atoms. The summed E-state index contributed by atoms with van der Waals surface area (Å²) in [5, 5.41) is 0. The first-order valence-electron chi connectivity index (χ1n) is 16.9. The van der Waals surface area contributed by atoms with Crippen LogP contribution in [0.2, 0.25) is 0 Å². The predicted octanol–water partition coefficient (Wildman–Crippen LogP) is 8.07. The number of rotatable bonds is 7. The van der Waals surface area contributed by atoms with E-state index in [2.05, 4.69) is 19.9 Å². The zero-order valence-electron chi connectivity index (χ0n) is 28.1. The minimum absolute atomic E-state index is 0.140. The molecule has 11 heteroatoms. The third-order valence-corrected chi connectivity index (χ3v) is 8.96. The lowest BCUT2D eigenvalue weighted by Crippen LogP contribution is -2.36. The summed E-state index contributed by atoms with van der Waals surface area (Å²) >= 11 is 0. The summed E-state index contributed by atoms with van der Waals surface area (Å²) in [4.78, 5) is 50.1. The maximum Gasteiger partial charge on any atom is 0.410 e. The molecule has 252 valence electrons. The topological polar surface area (TPSA) is 129 Å². The van der Waals surface area contributed by atoms with E-state index in [1.54, 1.807) is 16.0 Å². The summed E-state index contributed by atoms with van der Waals surface area (Å²) in [5.41, 5.74) is 5.89. The van der Waals surface area contributed by atoms with Gasteiger partial charge in [-0.2, -0.15) is 0 Å². The standard InChI is InChI=1S/C38H41N7O4/c1-38(2,3)49-37(47)45-20-8-12-33(45)35-41-23-31(43-35)28-17-18-29(39-21-28)26-13-15-27(16-14-26)30-22-40-34(42-30)32-11-7-19-44(32)36(46)48-24-25-9-5-4-6-10-25/h4-6,9-10,13-18,21-23,32-33H,7-8,11-12,19-20,24H2,1-3H3,(H,40,42)(H,41,43)/t32-,33-/m0/s1. The van der Waals surface area contributed by atoms with Gasteiger partial charge < -0.3 is 19.4 Å². The molecule has 11 nitrogen and oxygen atoms in total. The number of pyridine rings is 1. The van der Waals surface area contributed by atoms with E-state index in [0.29, 0.717) is 13.1 Å². The average Bonchev–Trinajstić information content (AvgIpc) is 3.93. The maximum absolute atomic E-state index is 12.9. The lowest BCUT2D eigenvalue weighted by molar-refractivity contribution is 0.0218. The fraction of sp³-hybridized carbons (Fsp3) is 0.342. The number of carbonyl (C=O) groups excluding carboxylic acids is 2. The first-order chi connectivity index (χ1) is 23.7. The number of imidazole rings is 2. The van der Waals surface area contributed by atoms with Crippen LogP contribution in [0.25, 0.3) is 33.8 Å². The molecule has 7 rings (SSSR count). The van der Waals surface area contributed by atoms with Crippen molar-refractivity contribution >= 4 is 12.2 Å². The highest BCUT2D eigenvalue weighted by Gasteiger charge is 2.35. The van der Waals surface area contributed by atoms with Gasteiger partial charge in [-0.15, -0.1) is 0 Å². The minimum atomic E-state index is -0.547. The summed E-state index contributed by atoms with van der Waals surface area (Å²) < 4.78 is 11.2. The van der Waals surface area contributed by atoms with Gasteiger partial charge in [0.25, 0.3) is 0 Å². The highest BCUT2D eigenvalue weighted by molar-refractivity contribution is 5.71. The summed E-state index contributed by atoms with van der Waals surface area (Å²) in [6, 6.07) is 21.6. The zero-order chi connectivity index (χ0) is 34.0. The predicted molar refractivity (Wildman–Crippen MR) is 185 cm³/mol. The molecule has 5 heterocycles. The summed E-state index contributed by atoms with van der Waals surface area (Å²) in [6.07, 6.45) is 8.29. The number of amides is 2. The molecule has 5 aromatic rings. The van der Waals surface area contributed by atoms with Gasteiger partial charge in [0.2, 0.25) is 0 Å². The van der Waals surface area contributed by atoms with Crippen molar-refractivity contribution in [1.82, 2.24) is 34.7 Å². The molecule has 0 spiro atoms. The Bertz CT molecular complexity index is 1890. The van der Waals surface area contributed by atoms with Crippen LogP contribution in [-0.2, 0) is 16.1 Å². The minimum Gasteiger partial charge on any atom is -0.445 e. The molecule has 0 aliphatic carbocycles. The monoisotopic (exact) mass is 659 g/mol. The van der Waals surface area contributed by atoms with Crippen LogP contribution in [-0.4, -0.2) is 65.6 Å². The number of H-pyrrole nitrogens is 2. The van der Waals surface area contributed by atoms with Gasteiger partial charge in [-0.25, -0.2) is 19.6 Å². The fourth-order valence-electron chi connectivity index (χ4n) is 6.51. The molecule has 2 atom stereocenters. The van der Waals surface area contributed by atoms with E-state index in [4.69, 9.17) is 14.5 Å². The van der Waals surface area contributed by atoms with Crippen LogP contribution in [0.5, 0.6) is 0 Å². The maximum atomic E-state index is 12.9. The second kappa shape index (κ2) is 13.6. The Hall–Kier alpha value is -5.45. The number of benzene rings is 2. The number of nitrogens with one attached hydrogen (secondary N) is 2. The van der Waals surface area contributed by atoms with E-state index in [1.807, 2.05) is 99.9 Å². The molecule has 2 saturated heterocycles. The Morgan fingerprint density at radius 1 is 0.714 bits per heavy atom. The van der Waals surface area contributed by atoms with Crippen LogP contribution in [0, 0.1) is 0 Å². The van der Waals surface area contributed by atoms with Crippen LogP contribution in [0.4, 0.5) is 9.59 Å². The molecule has 0 unspecified atom stereocenters. The molecule has 2 amide bonds. The number of nitrogens with zero attached hydrogens (tertiary/aromatic N) is 5. The van der Waals surface area contributed by atoms with Crippen molar-refractivity contribution in [2.24, 2.45) is 0 Å². The van der Waals surface area contributed by atoms with Crippen LogP contribution in [0.15, 0.2) is 85.3 Å². The Kier molecular flexibility index (Phi) is 8.90. The Labute approximate surface area is 285 Å². The Morgan fingerprint density at radius 2 is 1.29 bits per heavy atom. The first kappa shape index (κ1) is 32.1. The molecule has 3 aromatic heterocycles. The lowest BCUT2D eigenvalue weighted by Gasteiger charge is -2.27. The normalized spacial score (nSPS) is 17.8. The molecule has 0 radical (unpaired) electrons. The highest BCUT2D eigenvalue weighted by Crippen LogP contribution is 2.34. The second-order valence-electron chi connectivity index (χ2n) is 13.6. The first-order valence-corrected chi connectivity index (χ1v) is 16.9. The summed E-state index contributed by atoms with van der Waals surface area (Å²) in [6.45, 7) is 7.17. The molecule has 2 fully saturated rings. The number of ether oxygens (including phenoxy) is 2. The highest BCUT2D eigenvalue weighted by atomic mass is 16.6. The van der Waals surface area contributed by atoms with Gasteiger partial charge in [0.15, 0.2) is 0 Å². The number of aromatic amines is 2. The molecule has 2 N–H and O–H groups in total. The molecule has 2 aliphatic rings. The lowest BCUT2D eigenvalue weighted by atomic mass is 10.1. The van der Waals surface area contributed by atoms with Gasteiger partial charge >= 0.3 is 12.2 Å². The number of carbonyl (C=O) groups is 2. The van der Waals surface area contributed by atoms with E-state index >= 15 is 0 Å². The molecule has 0 bridgehead atoms. The third kappa shape index (κ3) is 7.20. The number of hydrogen-bond donors (Lipinski definition) is 2. The molecular weight excluding hydrogens is 618 g/mol. The molecule has 2 aromatic carbocycles. The van der Waals surface area contributed by atoms with Gasteiger partial charge in [0.05, 0.1) is 41.6 Å². The van der Waals surface area contributed by atoms with Crippen LogP contribution in [0.1, 0.15) is 75.8 Å². The van der Waals surface area contributed by atoms with Gasteiger partial charge in [-0.05, 0) is 69.7 Å². The number of aromatic nitrogens is 5. The molecular formula is C38H41N7O4. The van der Waals surface area contributed by atoms with E-state index in [9.17, 15) is 9.59 Å². The number of likely N-dealkylation sites (tertiary alicyclic amines) is 2. The molecule has 2 aliphatic heterocycles. The zero-order valence-corrected chi connectivity index (χ0v) is 28.1. The number of hydrogen-bond acceptors (Lipinski definition) is 7. The van der Waals surface area contributed by atoms with Crippen LogP contribution in [0.3, 0.4) is 0 Å². The van der Waals surface area contributed by atoms with Crippen LogP contribution >= 0.6 is 0 Å².